The van der Waals surface area contributed by atoms with Gasteiger partial charge in [-0.05, 0) is 49.1 Å². The molecule has 0 unspecified atom stereocenters. The van der Waals surface area contributed by atoms with Crippen LogP contribution in [0, 0.1) is 6.92 Å². The predicted octanol–water partition coefficient (Wildman–Crippen LogP) is 3.80. The number of nitrogens with zero attached hydrogens (tertiary/aromatic N) is 1. The van der Waals surface area contributed by atoms with Gasteiger partial charge in [0.15, 0.2) is 5.11 Å². The highest BCUT2D eigenvalue weighted by molar-refractivity contribution is 7.80. The number of ether oxygens (including phenoxy) is 1. The van der Waals surface area contributed by atoms with Crippen LogP contribution in [0.3, 0.4) is 0 Å². The second kappa shape index (κ2) is 8.76. The fourth-order valence-electron chi connectivity index (χ4n) is 3.22. The highest BCUT2D eigenvalue weighted by atomic mass is 32.1. The third kappa shape index (κ3) is 4.79. The average Bonchev–Trinajstić information content (AvgIpc) is 3.12. The molecular weight excluding hydrogens is 350 g/mol. The van der Waals surface area contributed by atoms with E-state index in [0.29, 0.717) is 11.2 Å². The Morgan fingerprint density at radius 3 is 2.64 bits per heavy atom. The van der Waals surface area contributed by atoms with Gasteiger partial charge in [-0.1, -0.05) is 24.3 Å². The Hall–Kier alpha value is -1.47. The monoisotopic (exact) mass is 375 g/mol. The maximum Gasteiger partial charge on any atom is 0.171 e. The smallest absolute Gasteiger partial charge is 0.171 e. The number of thiophene rings is 1. The van der Waals surface area contributed by atoms with E-state index in [4.69, 9.17) is 17.0 Å². The molecule has 1 aromatic carbocycles. The van der Waals surface area contributed by atoms with Crippen molar-refractivity contribution >= 4 is 34.4 Å². The van der Waals surface area contributed by atoms with Crippen molar-refractivity contribution in [2.75, 3.05) is 31.6 Å². The number of hydrogen-bond donors (Lipinski definition) is 2. The molecule has 0 bridgehead atoms. The van der Waals surface area contributed by atoms with Crippen molar-refractivity contribution in [3.8, 4) is 0 Å². The van der Waals surface area contributed by atoms with Crippen LogP contribution >= 0.6 is 23.6 Å². The van der Waals surface area contributed by atoms with Crippen molar-refractivity contribution in [3.63, 3.8) is 0 Å². The first-order chi connectivity index (χ1) is 12.1. The van der Waals surface area contributed by atoms with E-state index >= 15 is 0 Å². The Morgan fingerprint density at radius 2 is 1.96 bits per heavy atom. The van der Waals surface area contributed by atoms with Gasteiger partial charge in [0.05, 0.1) is 19.3 Å². The molecule has 0 saturated carbocycles. The molecule has 1 aliphatic rings. The summed E-state index contributed by atoms with van der Waals surface area (Å²) in [6.45, 7) is 7.77. The molecule has 3 rings (SSSR count). The van der Waals surface area contributed by atoms with Gasteiger partial charge in [0.2, 0.25) is 0 Å². The molecule has 6 heteroatoms. The van der Waals surface area contributed by atoms with Crippen molar-refractivity contribution in [3.05, 3.63) is 52.2 Å². The Balaban J connectivity index is 1.68. The molecule has 2 aromatic rings. The number of benzene rings is 1. The molecular formula is C19H25N3OS2. The van der Waals surface area contributed by atoms with Crippen LogP contribution in [0.25, 0.3) is 0 Å². The van der Waals surface area contributed by atoms with E-state index in [9.17, 15) is 0 Å². The van der Waals surface area contributed by atoms with E-state index in [1.807, 2.05) is 18.2 Å². The molecule has 1 saturated heterocycles. The molecule has 134 valence electrons. The van der Waals surface area contributed by atoms with Crippen molar-refractivity contribution in [2.45, 2.75) is 25.9 Å². The summed E-state index contributed by atoms with van der Waals surface area (Å²) < 4.78 is 5.52. The lowest BCUT2D eigenvalue weighted by Crippen LogP contribution is -2.49. The molecule has 2 heterocycles. The van der Waals surface area contributed by atoms with Crippen molar-refractivity contribution < 1.29 is 4.74 Å². The van der Waals surface area contributed by atoms with Crippen LogP contribution in [-0.2, 0) is 4.74 Å². The van der Waals surface area contributed by atoms with Gasteiger partial charge in [-0.2, -0.15) is 0 Å². The topological polar surface area (TPSA) is 36.5 Å². The summed E-state index contributed by atoms with van der Waals surface area (Å²) in [4.78, 5) is 3.85. The van der Waals surface area contributed by atoms with Gasteiger partial charge < -0.3 is 15.4 Å². The van der Waals surface area contributed by atoms with E-state index in [1.54, 1.807) is 11.3 Å². The average molecular weight is 376 g/mol. The molecule has 1 aliphatic heterocycles. The van der Waals surface area contributed by atoms with Crippen molar-refractivity contribution in [1.82, 2.24) is 10.2 Å². The van der Waals surface area contributed by atoms with Crippen molar-refractivity contribution in [1.29, 1.82) is 0 Å². The number of morpholine rings is 1. The minimum absolute atomic E-state index is 0.195. The third-order valence-corrected chi connectivity index (χ3v) is 5.66. The van der Waals surface area contributed by atoms with Crippen LogP contribution in [0.5, 0.6) is 0 Å². The summed E-state index contributed by atoms with van der Waals surface area (Å²) in [5.74, 6) is 0. The fourth-order valence-corrected chi connectivity index (χ4v) is 4.47. The van der Waals surface area contributed by atoms with Crippen LogP contribution < -0.4 is 10.6 Å². The van der Waals surface area contributed by atoms with Crippen LogP contribution in [0.15, 0.2) is 41.8 Å². The highest BCUT2D eigenvalue weighted by Crippen LogP contribution is 2.29. The van der Waals surface area contributed by atoms with Gasteiger partial charge in [0.1, 0.15) is 0 Å². The number of rotatable bonds is 5. The zero-order valence-electron chi connectivity index (χ0n) is 14.7. The summed E-state index contributed by atoms with van der Waals surface area (Å²) >= 11 is 7.36. The lowest BCUT2D eigenvalue weighted by molar-refractivity contribution is 0.0110. The van der Waals surface area contributed by atoms with Crippen LogP contribution in [0.1, 0.15) is 23.4 Å². The van der Waals surface area contributed by atoms with Gasteiger partial charge in [-0.3, -0.25) is 4.90 Å². The number of anilines is 1. The summed E-state index contributed by atoms with van der Waals surface area (Å²) in [5, 5.41) is 9.61. The Morgan fingerprint density at radius 1 is 1.20 bits per heavy atom. The molecule has 2 N–H and O–H groups in total. The van der Waals surface area contributed by atoms with Gasteiger partial charge in [0, 0.05) is 29.7 Å². The summed E-state index contributed by atoms with van der Waals surface area (Å²) in [7, 11) is 0. The quantitative estimate of drug-likeness (QED) is 0.778. The molecule has 4 nitrogen and oxygen atoms in total. The molecule has 2 atom stereocenters. The lowest BCUT2D eigenvalue weighted by Gasteiger charge is -2.38. The minimum Gasteiger partial charge on any atom is -0.379 e. The van der Waals surface area contributed by atoms with Gasteiger partial charge >= 0.3 is 0 Å². The summed E-state index contributed by atoms with van der Waals surface area (Å²) in [5.41, 5.74) is 2.23. The molecule has 0 aliphatic carbocycles. The maximum atomic E-state index is 5.56. The van der Waals surface area contributed by atoms with Gasteiger partial charge in [0.25, 0.3) is 0 Å². The minimum atomic E-state index is 0.195. The second-order valence-corrected chi connectivity index (χ2v) is 7.70. The number of aryl methyl sites for hydroxylation is 1. The van der Waals surface area contributed by atoms with E-state index < -0.39 is 0 Å². The zero-order valence-corrected chi connectivity index (χ0v) is 16.3. The normalized spacial score (nSPS) is 17.7. The summed E-state index contributed by atoms with van der Waals surface area (Å²) in [6.07, 6.45) is 0. The van der Waals surface area contributed by atoms with Crippen LogP contribution in [0.2, 0.25) is 0 Å². The highest BCUT2D eigenvalue weighted by Gasteiger charge is 2.28. The largest absolute Gasteiger partial charge is 0.379 e. The lowest BCUT2D eigenvalue weighted by atomic mass is 10.1. The molecule has 1 fully saturated rings. The van der Waals surface area contributed by atoms with Crippen molar-refractivity contribution in [2.24, 2.45) is 0 Å². The molecule has 0 spiro atoms. The molecule has 1 aromatic heterocycles. The standard InChI is InChI=1S/C19H25N3OS2/c1-14-6-3-4-7-16(14)21-19(24)20-15(2)18(17-8-5-13-25-17)22-9-11-23-12-10-22/h3-8,13,15,18H,9-12H2,1-2H3,(H2,20,21,24)/t15-,18-/m1/s1. The number of thiocarbonyl (C=S) groups is 1. The number of nitrogens with one attached hydrogen (secondary N) is 2. The predicted molar refractivity (Wildman–Crippen MR) is 109 cm³/mol. The first kappa shape index (κ1) is 18.3. The summed E-state index contributed by atoms with van der Waals surface area (Å²) in [6, 6.07) is 13.0. The maximum absolute atomic E-state index is 5.56. The second-order valence-electron chi connectivity index (χ2n) is 6.31. The van der Waals surface area contributed by atoms with Gasteiger partial charge in [-0.25, -0.2) is 0 Å². The molecule has 0 radical (unpaired) electrons. The first-order valence-electron chi connectivity index (χ1n) is 8.63. The fraction of sp³-hybridized carbons (Fsp3) is 0.421. The third-order valence-electron chi connectivity index (χ3n) is 4.50. The Labute approximate surface area is 159 Å². The van der Waals surface area contributed by atoms with Crippen LogP contribution in [0.4, 0.5) is 5.69 Å². The number of hydrogen-bond acceptors (Lipinski definition) is 4. The van der Waals surface area contributed by atoms with E-state index in [0.717, 1.165) is 32.0 Å². The Kier molecular flexibility index (Phi) is 6.42. The number of para-hydroxylation sites is 1. The van der Waals surface area contributed by atoms with E-state index in [-0.39, 0.29) is 6.04 Å². The molecule has 25 heavy (non-hydrogen) atoms. The SMILES string of the molecule is Cc1ccccc1NC(=S)N[C@H](C)[C@H](c1cccs1)N1CCOCC1. The Bertz CT molecular complexity index is 684. The first-order valence-corrected chi connectivity index (χ1v) is 9.92. The zero-order chi connectivity index (χ0) is 17.6. The van der Waals surface area contributed by atoms with Crippen LogP contribution in [-0.4, -0.2) is 42.4 Å². The van der Waals surface area contributed by atoms with E-state index in [1.165, 1.54) is 10.4 Å². The molecule has 0 amide bonds. The van der Waals surface area contributed by atoms with Gasteiger partial charge in [-0.15, -0.1) is 11.3 Å². The van der Waals surface area contributed by atoms with E-state index in [2.05, 4.69) is 53.0 Å².